The zero-order chi connectivity index (χ0) is 28.8. The highest BCUT2D eigenvalue weighted by atomic mass is 15.4. The lowest BCUT2D eigenvalue weighted by Gasteiger charge is -2.32. The average molecular weight is 561 g/mol. The molecule has 0 N–H and O–H groups in total. The number of hydrogen-bond acceptors (Lipinski definition) is 2. The first kappa shape index (κ1) is 37.4. The van der Waals surface area contributed by atoms with E-state index in [2.05, 4.69) is 43.0 Å². The van der Waals surface area contributed by atoms with Crippen molar-refractivity contribution in [3.8, 4) is 0 Å². The van der Waals surface area contributed by atoms with Crippen LogP contribution >= 0.6 is 0 Å². The van der Waals surface area contributed by atoms with Gasteiger partial charge in [-0.05, 0) is 26.2 Å². The van der Waals surface area contributed by atoms with Gasteiger partial charge in [-0.3, -0.25) is 0 Å². The molecule has 1 atom stereocenters. The zero-order valence-corrected chi connectivity index (χ0v) is 28.3. The van der Waals surface area contributed by atoms with E-state index >= 15 is 0 Å². The molecule has 1 unspecified atom stereocenters. The molecule has 0 spiro atoms. The van der Waals surface area contributed by atoms with Crippen LogP contribution in [0.5, 0.6) is 0 Å². The second-order valence-electron chi connectivity index (χ2n) is 13.2. The molecule has 0 saturated heterocycles. The van der Waals surface area contributed by atoms with Crippen molar-refractivity contribution in [2.45, 2.75) is 220 Å². The van der Waals surface area contributed by atoms with Crippen LogP contribution in [-0.4, -0.2) is 29.1 Å². The molecule has 1 aliphatic heterocycles. The van der Waals surface area contributed by atoms with Gasteiger partial charge in [0.25, 0.3) is 0 Å². The Labute approximate surface area is 254 Å². The van der Waals surface area contributed by atoms with E-state index in [0.29, 0.717) is 6.17 Å². The lowest BCUT2D eigenvalue weighted by molar-refractivity contribution is 0.142. The minimum absolute atomic E-state index is 0.633. The van der Waals surface area contributed by atoms with Crippen molar-refractivity contribution in [2.75, 3.05) is 13.1 Å². The molecule has 0 bridgehead atoms. The summed E-state index contributed by atoms with van der Waals surface area (Å²) < 4.78 is 0. The van der Waals surface area contributed by atoms with Crippen molar-refractivity contribution in [1.29, 1.82) is 0 Å². The molecule has 1 rings (SSSR count). The fourth-order valence-electron chi connectivity index (χ4n) is 6.62. The van der Waals surface area contributed by atoms with Gasteiger partial charge in [-0.2, -0.15) is 0 Å². The summed E-state index contributed by atoms with van der Waals surface area (Å²) in [4.78, 5) is 5.24. The van der Waals surface area contributed by atoms with Crippen molar-refractivity contribution in [3.63, 3.8) is 0 Å². The Morgan fingerprint density at radius 2 is 0.650 bits per heavy atom. The molecule has 0 aliphatic carbocycles. The summed E-state index contributed by atoms with van der Waals surface area (Å²) in [5.41, 5.74) is 0. The van der Waals surface area contributed by atoms with Crippen molar-refractivity contribution >= 4 is 0 Å². The highest BCUT2D eigenvalue weighted by molar-refractivity contribution is 4.96. The fourth-order valence-corrected chi connectivity index (χ4v) is 6.62. The van der Waals surface area contributed by atoms with E-state index < -0.39 is 0 Å². The van der Waals surface area contributed by atoms with Crippen molar-refractivity contribution < 1.29 is 0 Å². The van der Waals surface area contributed by atoms with E-state index in [1.54, 1.807) is 0 Å². The highest BCUT2D eigenvalue weighted by Crippen LogP contribution is 2.23. The minimum Gasteiger partial charge on any atom is -0.356 e. The predicted molar refractivity (Wildman–Crippen MR) is 182 cm³/mol. The van der Waals surface area contributed by atoms with Crippen molar-refractivity contribution in [2.24, 2.45) is 0 Å². The summed E-state index contributed by atoms with van der Waals surface area (Å²) in [6.07, 6.45) is 48.8. The molecule has 0 aromatic rings. The molecular formula is C38H76N2. The Hall–Kier alpha value is -0.660. The molecule has 2 nitrogen and oxygen atoms in total. The van der Waals surface area contributed by atoms with Crippen LogP contribution in [0.1, 0.15) is 213 Å². The Morgan fingerprint density at radius 1 is 0.350 bits per heavy atom. The van der Waals surface area contributed by atoms with Crippen LogP contribution in [0, 0.1) is 0 Å². The lowest BCUT2D eigenvalue weighted by Crippen LogP contribution is -2.38. The molecule has 238 valence electrons. The fraction of sp³-hybridized carbons (Fsp3) is 0.947. The quantitative estimate of drug-likeness (QED) is 0.0755. The van der Waals surface area contributed by atoms with E-state index in [4.69, 9.17) is 0 Å². The maximum atomic E-state index is 2.66. The second-order valence-corrected chi connectivity index (χ2v) is 13.2. The Balaban J connectivity index is 1.91. The number of nitrogens with zero attached hydrogens (tertiary/aromatic N) is 2. The maximum Gasteiger partial charge on any atom is 0.101 e. The summed E-state index contributed by atoms with van der Waals surface area (Å²) in [6.45, 7) is 9.34. The van der Waals surface area contributed by atoms with Gasteiger partial charge in [0.05, 0.1) is 0 Å². The number of rotatable bonds is 32. The standard InChI is InChI=1S/C38H76N2/c1-4-7-9-11-13-15-17-19-20-21-22-23-25-27-29-31-33-35-40-37-36-39(6-3)38(40)34-32-30-28-26-24-18-16-14-12-10-8-5-2/h36-38H,4-35H2,1-3H3. The first-order valence-corrected chi connectivity index (χ1v) is 19.0. The minimum atomic E-state index is 0.633. The smallest absolute Gasteiger partial charge is 0.101 e. The summed E-state index contributed by atoms with van der Waals surface area (Å²) in [5.74, 6) is 0. The third kappa shape index (κ3) is 22.0. The highest BCUT2D eigenvalue weighted by Gasteiger charge is 2.23. The van der Waals surface area contributed by atoms with Crippen molar-refractivity contribution in [3.05, 3.63) is 12.4 Å². The average Bonchev–Trinajstić information content (AvgIpc) is 3.36. The largest absolute Gasteiger partial charge is 0.356 e. The van der Waals surface area contributed by atoms with Crippen LogP contribution in [0.3, 0.4) is 0 Å². The van der Waals surface area contributed by atoms with Crippen LogP contribution < -0.4 is 0 Å². The van der Waals surface area contributed by atoms with Gasteiger partial charge in [0.1, 0.15) is 6.17 Å². The first-order valence-electron chi connectivity index (χ1n) is 19.0. The molecule has 40 heavy (non-hydrogen) atoms. The molecule has 0 fully saturated rings. The summed E-state index contributed by atoms with van der Waals surface area (Å²) >= 11 is 0. The molecule has 0 amide bonds. The summed E-state index contributed by atoms with van der Waals surface area (Å²) in [6, 6.07) is 0. The van der Waals surface area contributed by atoms with Crippen molar-refractivity contribution in [1.82, 2.24) is 9.80 Å². The SMILES string of the molecule is CCCCCCCCCCCCCCCCCCCN1C=CN(CC)C1CCCCCCCCCCCCCC. The third-order valence-electron chi connectivity index (χ3n) is 9.42. The number of hydrogen-bond donors (Lipinski definition) is 0. The van der Waals surface area contributed by atoms with Gasteiger partial charge in [-0.25, -0.2) is 0 Å². The van der Waals surface area contributed by atoms with Gasteiger partial charge in [0.2, 0.25) is 0 Å². The molecular weight excluding hydrogens is 484 g/mol. The monoisotopic (exact) mass is 561 g/mol. The summed E-state index contributed by atoms with van der Waals surface area (Å²) in [5, 5.41) is 0. The summed E-state index contributed by atoms with van der Waals surface area (Å²) in [7, 11) is 0. The van der Waals surface area contributed by atoms with E-state index in [0.717, 1.165) is 6.54 Å². The number of unbranched alkanes of at least 4 members (excludes halogenated alkanes) is 27. The van der Waals surface area contributed by atoms with Gasteiger partial charge in [0, 0.05) is 25.5 Å². The normalized spacial score (nSPS) is 15.1. The molecule has 0 saturated carbocycles. The zero-order valence-electron chi connectivity index (χ0n) is 28.3. The topological polar surface area (TPSA) is 6.48 Å². The van der Waals surface area contributed by atoms with E-state index in [1.165, 1.54) is 199 Å². The van der Waals surface area contributed by atoms with Crippen LogP contribution in [-0.2, 0) is 0 Å². The van der Waals surface area contributed by atoms with Gasteiger partial charge < -0.3 is 9.80 Å². The molecule has 1 heterocycles. The van der Waals surface area contributed by atoms with Gasteiger partial charge in [0.15, 0.2) is 0 Å². The van der Waals surface area contributed by atoms with Gasteiger partial charge in [-0.1, -0.05) is 187 Å². The Morgan fingerprint density at radius 3 is 1.00 bits per heavy atom. The van der Waals surface area contributed by atoms with Gasteiger partial charge in [-0.15, -0.1) is 0 Å². The van der Waals surface area contributed by atoms with Crippen LogP contribution in [0.4, 0.5) is 0 Å². The second kappa shape index (κ2) is 29.8. The predicted octanol–water partition coefficient (Wildman–Crippen LogP) is 13.2. The molecule has 0 aromatic carbocycles. The Kier molecular flexibility index (Phi) is 27.9. The molecule has 1 aliphatic rings. The van der Waals surface area contributed by atoms with Crippen LogP contribution in [0.25, 0.3) is 0 Å². The van der Waals surface area contributed by atoms with E-state index in [-0.39, 0.29) is 0 Å². The first-order chi connectivity index (χ1) is 19.8. The van der Waals surface area contributed by atoms with Crippen LogP contribution in [0.2, 0.25) is 0 Å². The lowest BCUT2D eigenvalue weighted by atomic mass is 10.0. The van der Waals surface area contributed by atoms with Gasteiger partial charge >= 0.3 is 0 Å². The third-order valence-corrected chi connectivity index (χ3v) is 9.42. The molecule has 0 aromatic heterocycles. The van der Waals surface area contributed by atoms with E-state index in [9.17, 15) is 0 Å². The van der Waals surface area contributed by atoms with E-state index in [1.807, 2.05) is 0 Å². The molecule has 0 radical (unpaired) electrons. The van der Waals surface area contributed by atoms with Crippen LogP contribution in [0.15, 0.2) is 12.4 Å². The molecule has 2 heteroatoms. The maximum absolute atomic E-state index is 2.66. The Bertz CT molecular complexity index is 516.